The normalized spacial score (nSPS) is 11.0. The van der Waals surface area contributed by atoms with Gasteiger partial charge in [0.15, 0.2) is 0 Å². The predicted octanol–water partition coefficient (Wildman–Crippen LogP) is 5.10. The Morgan fingerprint density at radius 1 is 1.04 bits per heavy atom. The summed E-state index contributed by atoms with van der Waals surface area (Å²) in [5.74, 6) is -0.781. The number of hydrogen-bond donors (Lipinski definition) is 1. The first-order valence-electron chi connectivity index (χ1n) is 7.50. The molecule has 0 atom stereocenters. The fourth-order valence-electron chi connectivity index (χ4n) is 2.25. The van der Waals surface area contributed by atoms with E-state index < -0.39 is 5.91 Å². The van der Waals surface area contributed by atoms with Crippen LogP contribution in [0.15, 0.2) is 72.3 Å². The number of para-hydroxylation sites is 1. The summed E-state index contributed by atoms with van der Waals surface area (Å²) in [6.45, 7) is 0. The van der Waals surface area contributed by atoms with Gasteiger partial charge in [-0.25, -0.2) is 4.39 Å². The van der Waals surface area contributed by atoms with Gasteiger partial charge in [0.05, 0.1) is 0 Å². The Bertz CT molecular complexity index is 971. The molecule has 0 aliphatic rings. The lowest BCUT2D eigenvalue weighted by Crippen LogP contribution is -2.13. The molecule has 122 valence electrons. The average molecular weight is 348 g/mol. The highest BCUT2D eigenvalue weighted by molar-refractivity contribution is 7.16. The van der Waals surface area contributed by atoms with Crippen molar-refractivity contribution in [2.75, 3.05) is 5.32 Å². The van der Waals surface area contributed by atoms with Crippen LogP contribution >= 0.6 is 11.3 Å². The maximum Gasteiger partial charge on any atom is 0.266 e. The van der Waals surface area contributed by atoms with E-state index in [1.807, 2.05) is 12.1 Å². The molecule has 3 rings (SSSR count). The molecule has 0 spiro atoms. The first-order valence-corrected chi connectivity index (χ1v) is 8.32. The summed E-state index contributed by atoms with van der Waals surface area (Å²) >= 11 is 1.32. The summed E-state index contributed by atoms with van der Waals surface area (Å²) in [5, 5.41) is 11.9. The highest BCUT2D eigenvalue weighted by atomic mass is 32.1. The zero-order valence-corrected chi connectivity index (χ0v) is 13.9. The van der Waals surface area contributed by atoms with Crippen LogP contribution in [0.2, 0.25) is 0 Å². The van der Waals surface area contributed by atoms with Crippen LogP contribution in [0.3, 0.4) is 0 Å². The number of hydrogen-bond acceptors (Lipinski definition) is 3. The topological polar surface area (TPSA) is 52.9 Å². The van der Waals surface area contributed by atoms with Gasteiger partial charge in [0, 0.05) is 21.0 Å². The van der Waals surface area contributed by atoms with Crippen molar-refractivity contribution in [3.63, 3.8) is 0 Å². The molecule has 5 heteroatoms. The second-order valence-electron chi connectivity index (χ2n) is 5.17. The number of thiophene rings is 1. The Morgan fingerprint density at radius 3 is 2.48 bits per heavy atom. The number of halogens is 1. The van der Waals surface area contributed by atoms with Crippen molar-refractivity contribution in [2.45, 2.75) is 0 Å². The van der Waals surface area contributed by atoms with E-state index in [1.165, 1.54) is 23.5 Å². The van der Waals surface area contributed by atoms with Crippen LogP contribution in [0.4, 0.5) is 10.1 Å². The quantitative estimate of drug-likeness (QED) is 0.527. The van der Waals surface area contributed by atoms with Crippen molar-refractivity contribution in [2.24, 2.45) is 0 Å². The van der Waals surface area contributed by atoms with E-state index in [0.29, 0.717) is 16.1 Å². The number of nitrogens with zero attached hydrogens (tertiary/aromatic N) is 1. The van der Waals surface area contributed by atoms with Gasteiger partial charge in [-0.1, -0.05) is 36.4 Å². The largest absolute Gasteiger partial charge is 0.321 e. The van der Waals surface area contributed by atoms with Gasteiger partial charge in [0.2, 0.25) is 0 Å². The number of carbonyl (C=O) groups excluding carboxylic acids is 1. The monoisotopic (exact) mass is 348 g/mol. The third-order valence-corrected chi connectivity index (χ3v) is 4.51. The summed E-state index contributed by atoms with van der Waals surface area (Å²) in [6, 6.07) is 20.9. The van der Waals surface area contributed by atoms with Gasteiger partial charge < -0.3 is 5.32 Å². The summed E-state index contributed by atoms with van der Waals surface area (Å²) in [6.07, 6.45) is 1.51. The molecular weight excluding hydrogens is 335 g/mol. The number of anilines is 1. The molecule has 2 aromatic carbocycles. The molecular formula is C20H13FN2OS. The van der Waals surface area contributed by atoms with Crippen molar-refractivity contribution in [1.29, 1.82) is 5.26 Å². The standard InChI is InChI=1S/C20H13FN2OS/c21-18-9-5-4-8-17(18)19-11-10-16(25-19)12-14(13-22)20(24)23-15-6-2-1-3-7-15/h1-12H,(H,23,24)/b14-12-. The molecule has 25 heavy (non-hydrogen) atoms. The van der Waals surface area contributed by atoms with Crippen LogP contribution in [-0.4, -0.2) is 5.91 Å². The van der Waals surface area contributed by atoms with Crippen LogP contribution in [0, 0.1) is 17.1 Å². The summed E-state index contributed by atoms with van der Waals surface area (Å²) in [5.41, 5.74) is 1.11. The van der Waals surface area contributed by atoms with Gasteiger partial charge >= 0.3 is 0 Å². The molecule has 0 radical (unpaired) electrons. The Hall–Kier alpha value is -3.23. The van der Waals surface area contributed by atoms with Gasteiger partial charge in [0.1, 0.15) is 17.5 Å². The van der Waals surface area contributed by atoms with Crippen LogP contribution in [0.1, 0.15) is 4.88 Å². The maximum absolute atomic E-state index is 13.9. The van der Waals surface area contributed by atoms with Crippen LogP contribution < -0.4 is 5.32 Å². The Kier molecular flexibility index (Phi) is 5.03. The zero-order valence-electron chi connectivity index (χ0n) is 13.1. The zero-order chi connectivity index (χ0) is 17.6. The fourth-order valence-corrected chi connectivity index (χ4v) is 3.23. The van der Waals surface area contributed by atoms with Crippen molar-refractivity contribution < 1.29 is 9.18 Å². The number of benzene rings is 2. The Labute approximate surface area is 148 Å². The summed E-state index contributed by atoms with van der Waals surface area (Å²) < 4.78 is 13.9. The number of carbonyl (C=O) groups is 1. The highest BCUT2D eigenvalue weighted by Gasteiger charge is 2.11. The van der Waals surface area contributed by atoms with Crippen LogP contribution in [0.25, 0.3) is 16.5 Å². The lowest BCUT2D eigenvalue weighted by atomic mass is 10.2. The van der Waals surface area contributed by atoms with E-state index in [-0.39, 0.29) is 11.4 Å². The SMILES string of the molecule is N#C/C(=C/c1ccc(-c2ccccc2F)s1)C(=O)Nc1ccccc1. The summed E-state index contributed by atoms with van der Waals surface area (Å²) in [4.78, 5) is 13.7. The minimum absolute atomic E-state index is 0.00853. The molecule has 0 aliphatic carbocycles. The third-order valence-electron chi connectivity index (χ3n) is 3.45. The lowest BCUT2D eigenvalue weighted by molar-refractivity contribution is -0.112. The molecule has 0 unspecified atom stereocenters. The van der Waals surface area contributed by atoms with E-state index >= 15 is 0 Å². The second-order valence-corrected chi connectivity index (χ2v) is 6.29. The molecule has 0 aliphatic heterocycles. The molecule has 1 amide bonds. The molecule has 1 N–H and O–H groups in total. The lowest BCUT2D eigenvalue weighted by Gasteiger charge is -2.03. The Morgan fingerprint density at radius 2 is 1.76 bits per heavy atom. The van der Waals surface area contributed by atoms with Gasteiger partial charge in [-0.2, -0.15) is 5.26 Å². The third kappa shape index (κ3) is 4.00. The van der Waals surface area contributed by atoms with E-state index in [1.54, 1.807) is 54.6 Å². The van der Waals surface area contributed by atoms with Gasteiger partial charge in [-0.05, 0) is 36.4 Å². The molecule has 3 aromatic rings. The predicted molar refractivity (Wildman–Crippen MR) is 98.4 cm³/mol. The molecule has 0 fully saturated rings. The van der Waals surface area contributed by atoms with Gasteiger partial charge in [-0.3, -0.25) is 4.79 Å². The number of amides is 1. The van der Waals surface area contributed by atoms with E-state index in [4.69, 9.17) is 0 Å². The smallest absolute Gasteiger partial charge is 0.266 e. The first kappa shape index (κ1) is 16.6. The number of rotatable bonds is 4. The van der Waals surface area contributed by atoms with E-state index in [0.717, 1.165) is 4.88 Å². The fraction of sp³-hybridized carbons (Fsp3) is 0. The molecule has 0 saturated heterocycles. The number of nitrogens with one attached hydrogen (secondary N) is 1. The van der Waals surface area contributed by atoms with Crippen molar-refractivity contribution in [1.82, 2.24) is 0 Å². The maximum atomic E-state index is 13.9. The van der Waals surface area contributed by atoms with Crippen molar-refractivity contribution >= 4 is 29.0 Å². The van der Waals surface area contributed by atoms with Crippen LogP contribution in [-0.2, 0) is 4.79 Å². The van der Waals surface area contributed by atoms with E-state index in [2.05, 4.69) is 5.32 Å². The molecule has 1 heterocycles. The van der Waals surface area contributed by atoms with Gasteiger partial charge in [-0.15, -0.1) is 11.3 Å². The second kappa shape index (κ2) is 7.56. The van der Waals surface area contributed by atoms with Crippen molar-refractivity contribution in [3.8, 4) is 16.5 Å². The average Bonchev–Trinajstić information content (AvgIpc) is 3.09. The molecule has 0 bridgehead atoms. The van der Waals surface area contributed by atoms with Gasteiger partial charge in [0.25, 0.3) is 5.91 Å². The van der Waals surface area contributed by atoms with E-state index in [9.17, 15) is 14.4 Å². The molecule has 3 nitrogen and oxygen atoms in total. The van der Waals surface area contributed by atoms with Crippen LogP contribution in [0.5, 0.6) is 0 Å². The summed E-state index contributed by atoms with van der Waals surface area (Å²) in [7, 11) is 0. The highest BCUT2D eigenvalue weighted by Crippen LogP contribution is 2.31. The van der Waals surface area contributed by atoms with Crippen molar-refractivity contribution in [3.05, 3.63) is 83.0 Å². The minimum atomic E-state index is -0.477. The minimum Gasteiger partial charge on any atom is -0.321 e. The molecule has 0 saturated carbocycles. The Balaban J connectivity index is 1.83. The molecule has 1 aromatic heterocycles. The number of nitriles is 1. The first-order chi connectivity index (χ1) is 12.2.